The maximum atomic E-state index is 12.7. The van der Waals surface area contributed by atoms with Gasteiger partial charge >= 0.3 is 0 Å². The van der Waals surface area contributed by atoms with E-state index in [4.69, 9.17) is 8.85 Å². The number of hydrogen-bond acceptors (Lipinski definition) is 8. The first kappa shape index (κ1) is 17.6. The molecular weight excluding hydrogens is 412 g/mol. The molecule has 1 aliphatic rings. The fourth-order valence-corrected chi connectivity index (χ4v) is 3.31. The summed E-state index contributed by atoms with van der Waals surface area (Å²) >= 11 is 0. The first-order valence-electron chi connectivity index (χ1n) is 11.5. The number of hydrogen-bond donors (Lipinski definition) is 3. The predicted molar refractivity (Wildman–Crippen MR) is 118 cm³/mol. The molecular formula is C21H24N8O3. The first-order chi connectivity index (χ1) is 16.6. The number of carbonyl (C=O) groups excluding carboxylic acids is 2. The number of nitrogens with zero attached hydrogens (tertiary/aromatic N) is 5. The lowest BCUT2D eigenvalue weighted by Gasteiger charge is -2.23. The van der Waals surface area contributed by atoms with Gasteiger partial charge in [-0.05, 0) is 25.0 Å². The van der Waals surface area contributed by atoms with Gasteiger partial charge in [-0.15, -0.1) is 10.2 Å². The standard InChI is InChI=1S/C21H24N8O3/c1-22-21(31)17-15(10-16(26-27-17)25-20(30)12-6-4-7-12)24-14-9-5-8-13(18(14)32-3)19-23-11-29(2)28-19/h5,8-12H,4,6-7H2,1-3H3,(H,22,31)(H2,24,25,26,30)/i1D3. The largest absolute Gasteiger partial charge is 0.494 e. The number of amides is 2. The minimum atomic E-state index is -2.73. The van der Waals surface area contributed by atoms with Crippen molar-refractivity contribution in [3.63, 3.8) is 0 Å². The van der Waals surface area contributed by atoms with Crippen molar-refractivity contribution >= 4 is 29.0 Å². The van der Waals surface area contributed by atoms with E-state index in [9.17, 15) is 9.59 Å². The molecule has 0 spiro atoms. The third kappa shape index (κ3) is 4.22. The van der Waals surface area contributed by atoms with Crippen LogP contribution in [0, 0.1) is 5.92 Å². The Bertz CT molecular complexity index is 1260. The molecule has 3 aromatic rings. The van der Waals surface area contributed by atoms with Crippen molar-refractivity contribution in [1.82, 2.24) is 30.3 Å². The number of benzene rings is 1. The van der Waals surface area contributed by atoms with Crippen LogP contribution in [-0.4, -0.2) is 50.9 Å². The third-order valence-corrected chi connectivity index (χ3v) is 5.18. The van der Waals surface area contributed by atoms with E-state index in [-0.39, 0.29) is 29.0 Å². The van der Waals surface area contributed by atoms with Gasteiger partial charge in [0.05, 0.1) is 24.0 Å². The Hall–Kier alpha value is -4.02. The lowest BCUT2D eigenvalue weighted by molar-refractivity contribution is -0.122. The molecule has 0 unspecified atom stereocenters. The molecule has 4 rings (SSSR count). The Morgan fingerprint density at radius 3 is 2.75 bits per heavy atom. The number of carbonyl (C=O) groups is 2. The lowest BCUT2D eigenvalue weighted by atomic mass is 9.85. The minimum absolute atomic E-state index is 0.0885. The van der Waals surface area contributed by atoms with Crippen LogP contribution in [0.2, 0.25) is 0 Å². The highest BCUT2D eigenvalue weighted by molar-refractivity contribution is 5.99. The zero-order chi connectivity index (χ0) is 25.2. The van der Waals surface area contributed by atoms with Crippen LogP contribution in [0.5, 0.6) is 5.75 Å². The molecule has 2 aromatic heterocycles. The molecule has 1 aromatic carbocycles. The van der Waals surface area contributed by atoms with E-state index in [0.717, 1.165) is 19.3 Å². The van der Waals surface area contributed by atoms with E-state index in [2.05, 4.69) is 30.9 Å². The summed E-state index contributed by atoms with van der Waals surface area (Å²) in [6.45, 7) is -2.73. The maximum absolute atomic E-state index is 12.7. The normalized spacial score (nSPS) is 15.0. The number of nitrogens with one attached hydrogen (secondary N) is 3. The molecule has 11 nitrogen and oxygen atoms in total. The van der Waals surface area contributed by atoms with Gasteiger partial charge in [0.2, 0.25) is 5.91 Å². The van der Waals surface area contributed by atoms with Gasteiger partial charge in [-0.2, -0.15) is 5.10 Å². The summed E-state index contributed by atoms with van der Waals surface area (Å²) in [6.07, 6.45) is 4.14. The van der Waals surface area contributed by atoms with E-state index >= 15 is 0 Å². The third-order valence-electron chi connectivity index (χ3n) is 5.18. The summed E-state index contributed by atoms with van der Waals surface area (Å²) in [7, 11) is 3.22. The molecule has 1 fully saturated rings. The van der Waals surface area contributed by atoms with Gasteiger partial charge in [0.15, 0.2) is 23.1 Å². The van der Waals surface area contributed by atoms with Gasteiger partial charge < -0.3 is 20.7 Å². The molecule has 0 radical (unpaired) electrons. The molecule has 32 heavy (non-hydrogen) atoms. The van der Waals surface area contributed by atoms with Crippen molar-refractivity contribution in [2.24, 2.45) is 13.0 Å². The van der Waals surface area contributed by atoms with E-state index in [1.165, 1.54) is 13.2 Å². The molecule has 2 amide bonds. The second-order valence-electron chi connectivity index (χ2n) is 7.32. The first-order valence-corrected chi connectivity index (χ1v) is 9.96. The Morgan fingerprint density at radius 1 is 1.25 bits per heavy atom. The molecule has 11 heteroatoms. The fourth-order valence-electron chi connectivity index (χ4n) is 3.31. The molecule has 3 N–H and O–H groups in total. The second kappa shape index (κ2) is 9.00. The van der Waals surface area contributed by atoms with Crippen LogP contribution in [0.1, 0.15) is 33.9 Å². The van der Waals surface area contributed by atoms with Gasteiger partial charge in [0, 0.05) is 30.1 Å². The van der Waals surface area contributed by atoms with Crippen molar-refractivity contribution in [3.05, 3.63) is 36.3 Å². The Balaban J connectivity index is 1.71. The topological polar surface area (TPSA) is 136 Å². The highest BCUT2D eigenvalue weighted by atomic mass is 16.5. The van der Waals surface area contributed by atoms with Crippen LogP contribution >= 0.6 is 0 Å². The molecule has 0 bridgehead atoms. The van der Waals surface area contributed by atoms with E-state index < -0.39 is 12.9 Å². The second-order valence-corrected chi connectivity index (χ2v) is 7.32. The quantitative estimate of drug-likeness (QED) is 0.509. The number of rotatable bonds is 7. The monoisotopic (exact) mass is 439 g/mol. The summed E-state index contributed by atoms with van der Waals surface area (Å²) < 4.78 is 29.2. The number of ether oxygens (including phenoxy) is 1. The highest BCUT2D eigenvalue weighted by Crippen LogP contribution is 2.37. The molecule has 2 heterocycles. The van der Waals surface area contributed by atoms with Crippen LogP contribution in [0.4, 0.5) is 17.2 Å². The van der Waals surface area contributed by atoms with Crippen LogP contribution < -0.4 is 20.7 Å². The zero-order valence-corrected chi connectivity index (χ0v) is 17.5. The van der Waals surface area contributed by atoms with Crippen LogP contribution in [-0.2, 0) is 11.8 Å². The van der Waals surface area contributed by atoms with Gasteiger partial charge in [-0.3, -0.25) is 14.3 Å². The van der Waals surface area contributed by atoms with Gasteiger partial charge in [0.1, 0.15) is 6.33 Å². The smallest absolute Gasteiger partial charge is 0.273 e. The average molecular weight is 439 g/mol. The highest BCUT2D eigenvalue weighted by Gasteiger charge is 2.26. The van der Waals surface area contributed by atoms with E-state index in [1.807, 2.05) is 5.32 Å². The maximum Gasteiger partial charge on any atom is 0.273 e. The number of methoxy groups -OCH3 is 1. The Labute approximate surface area is 188 Å². The lowest BCUT2D eigenvalue weighted by Crippen LogP contribution is -2.29. The zero-order valence-electron chi connectivity index (χ0n) is 20.5. The summed E-state index contributed by atoms with van der Waals surface area (Å²) in [5.74, 6) is -0.298. The fraction of sp³-hybridized carbons (Fsp3) is 0.333. The van der Waals surface area contributed by atoms with E-state index in [1.54, 1.807) is 36.3 Å². The molecule has 0 aliphatic heterocycles. The summed E-state index contributed by atoms with van der Waals surface area (Å²) in [6, 6.07) is 6.64. The van der Waals surface area contributed by atoms with Crippen LogP contribution in [0.15, 0.2) is 30.6 Å². The van der Waals surface area contributed by atoms with Crippen molar-refractivity contribution < 1.29 is 18.4 Å². The molecule has 1 saturated carbocycles. The molecule has 0 atom stereocenters. The Morgan fingerprint density at radius 2 is 2.09 bits per heavy atom. The van der Waals surface area contributed by atoms with E-state index in [0.29, 0.717) is 22.8 Å². The summed E-state index contributed by atoms with van der Waals surface area (Å²) in [5.41, 5.74) is 0.873. The summed E-state index contributed by atoms with van der Waals surface area (Å²) in [5, 5.41) is 19.8. The van der Waals surface area contributed by atoms with Crippen molar-refractivity contribution in [2.75, 3.05) is 24.7 Å². The number of para-hydroxylation sites is 1. The number of aromatic nitrogens is 5. The SMILES string of the molecule is [2H]C([2H])([2H])NC(=O)c1nnc(NC(=O)C2CCC2)cc1Nc1cccc(-c2ncn(C)n2)c1OC. The average Bonchev–Trinajstić information content (AvgIpc) is 3.17. The van der Waals surface area contributed by atoms with Gasteiger partial charge in [0.25, 0.3) is 5.91 Å². The molecule has 1 aliphatic carbocycles. The summed E-state index contributed by atoms with van der Waals surface area (Å²) in [4.78, 5) is 29.3. The van der Waals surface area contributed by atoms with Crippen molar-refractivity contribution in [1.29, 1.82) is 0 Å². The van der Waals surface area contributed by atoms with Gasteiger partial charge in [-0.1, -0.05) is 12.5 Å². The van der Waals surface area contributed by atoms with Crippen LogP contribution in [0.3, 0.4) is 0 Å². The van der Waals surface area contributed by atoms with Crippen LogP contribution in [0.25, 0.3) is 11.4 Å². The number of aryl methyl sites for hydroxylation is 1. The molecule has 0 saturated heterocycles. The van der Waals surface area contributed by atoms with Crippen molar-refractivity contribution in [2.45, 2.75) is 19.3 Å². The Kier molecular flexibility index (Phi) is 4.96. The number of anilines is 3. The van der Waals surface area contributed by atoms with Gasteiger partial charge in [-0.25, -0.2) is 4.98 Å². The predicted octanol–water partition coefficient (Wildman–Crippen LogP) is 2.12. The minimum Gasteiger partial charge on any atom is -0.494 e. The molecule has 166 valence electrons. The van der Waals surface area contributed by atoms with Crippen molar-refractivity contribution in [3.8, 4) is 17.1 Å².